The van der Waals surface area contributed by atoms with Gasteiger partial charge in [-0.3, -0.25) is 0 Å². The van der Waals surface area contributed by atoms with Gasteiger partial charge in [-0.25, -0.2) is 4.98 Å². The molecule has 0 spiro atoms. The van der Waals surface area contributed by atoms with Crippen LogP contribution in [0.2, 0.25) is 0 Å². The van der Waals surface area contributed by atoms with Gasteiger partial charge in [0.15, 0.2) is 0 Å². The molecular formula is C13H20FN3. The number of hydrogen-bond acceptors (Lipinski definition) is 3. The van der Waals surface area contributed by atoms with E-state index in [1.807, 2.05) is 6.07 Å². The lowest BCUT2D eigenvalue weighted by Gasteiger charge is -2.31. The largest absolute Gasteiger partial charge is 0.385 e. The molecule has 0 saturated carbocycles. The van der Waals surface area contributed by atoms with Crippen molar-refractivity contribution in [2.45, 2.75) is 19.8 Å². The molecule has 1 aromatic rings. The molecule has 0 bridgehead atoms. The van der Waals surface area contributed by atoms with Crippen molar-refractivity contribution in [1.82, 2.24) is 9.88 Å². The van der Waals surface area contributed by atoms with E-state index in [1.165, 1.54) is 38.2 Å². The highest BCUT2D eigenvalue weighted by Gasteiger charge is 2.17. The van der Waals surface area contributed by atoms with Gasteiger partial charge in [-0.05, 0) is 44.5 Å². The number of anilines is 1. The SMILES string of the molecule is CCN1CCC(CNc2ccnc(F)c2)CC1. The van der Waals surface area contributed by atoms with Gasteiger partial charge in [-0.2, -0.15) is 4.39 Å². The van der Waals surface area contributed by atoms with Crippen LogP contribution in [0.4, 0.5) is 10.1 Å². The molecule has 0 aromatic carbocycles. The summed E-state index contributed by atoms with van der Waals surface area (Å²) in [5.74, 6) is 0.282. The number of piperidine rings is 1. The summed E-state index contributed by atoms with van der Waals surface area (Å²) in [6.45, 7) is 6.66. The van der Waals surface area contributed by atoms with Crippen LogP contribution in [0.15, 0.2) is 18.3 Å². The van der Waals surface area contributed by atoms with Crippen LogP contribution in [0.5, 0.6) is 0 Å². The second-order valence-corrected chi connectivity index (χ2v) is 4.63. The van der Waals surface area contributed by atoms with Gasteiger partial charge in [0.2, 0.25) is 5.95 Å². The highest BCUT2D eigenvalue weighted by molar-refractivity contribution is 5.41. The first-order valence-electron chi connectivity index (χ1n) is 6.35. The number of rotatable bonds is 4. The van der Waals surface area contributed by atoms with Gasteiger partial charge >= 0.3 is 0 Å². The number of likely N-dealkylation sites (tertiary alicyclic amines) is 1. The zero-order chi connectivity index (χ0) is 12.1. The average Bonchev–Trinajstić information content (AvgIpc) is 2.37. The summed E-state index contributed by atoms with van der Waals surface area (Å²) in [5, 5.41) is 3.29. The molecule has 1 N–H and O–H groups in total. The fourth-order valence-corrected chi connectivity index (χ4v) is 2.28. The predicted octanol–water partition coefficient (Wildman–Crippen LogP) is 2.36. The molecule has 2 heterocycles. The fourth-order valence-electron chi connectivity index (χ4n) is 2.28. The lowest BCUT2D eigenvalue weighted by Crippen LogP contribution is -2.35. The van der Waals surface area contributed by atoms with Crippen LogP contribution in [0.1, 0.15) is 19.8 Å². The molecule has 94 valence electrons. The van der Waals surface area contributed by atoms with Gasteiger partial charge in [0.05, 0.1) is 0 Å². The van der Waals surface area contributed by atoms with Crippen molar-refractivity contribution >= 4 is 5.69 Å². The average molecular weight is 237 g/mol. The predicted molar refractivity (Wildman–Crippen MR) is 67.5 cm³/mol. The van der Waals surface area contributed by atoms with Crippen molar-refractivity contribution < 1.29 is 4.39 Å². The standard InChI is InChI=1S/C13H20FN3/c1-2-17-7-4-11(5-8-17)10-16-12-3-6-15-13(14)9-12/h3,6,9,11H,2,4-5,7-8,10H2,1H3,(H,15,16). The Morgan fingerprint density at radius 1 is 1.47 bits per heavy atom. The van der Waals surface area contributed by atoms with Crippen molar-refractivity contribution in [3.05, 3.63) is 24.3 Å². The van der Waals surface area contributed by atoms with Crippen molar-refractivity contribution in [2.75, 3.05) is 31.5 Å². The van der Waals surface area contributed by atoms with E-state index in [0.29, 0.717) is 5.92 Å². The molecule has 0 amide bonds. The minimum absolute atomic E-state index is 0.421. The summed E-state index contributed by atoms with van der Waals surface area (Å²) in [4.78, 5) is 6.02. The monoisotopic (exact) mass is 237 g/mol. The van der Waals surface area contributed by atoms with Crippen molar-refractivity contribution in [1.29, 1.82) is 0 Å². The van der Waals surface area contributed by atoms with E-state index < -0.39 is 5.95 Å². The van der Waals surface area contributed by atoms with Crippen molar-refractivity contribution in [2.24, 2.45) is 5.92 Å². The van der Waals surface area contributed by atoms with E-state index >= 15 is 0 Å². The number of nitrogens with one attached hydrogen (secondary N) is 1. The van der Waals surface area contributed by atoms with Crippen LogP contribution in [0.3, 0.4) is 0 Å². The summed E-state index contributed by atoms with van der Waals surface area (Å²) in [6, 6.07) is 3.26. The number of nitrogens with zero attached hydrogens (tertiary/aromatic N) is 2. The lowest BCUT2D eigenvalue weighted by molar-refractivity contribution is 0.198. The molecule has 0 unspecified atom stereocenters. The Balaban J connectivity index is 1.76. The summed E-state index contributed by atoms with van der Waals surface area (Å²) < 4.78 is 12.9. The van der Waals surface area contributed by atoms with Gasteiger partial charge in [-0.15, -0.1) is 0 Å². The maximum absolute atomic E-state index is 12.9. The Bertz CT molecular complexity index is 348. The third-order valence-corrected chi connectivity index (χ3v) is 3.48. The fraction of sp³-hybridized carbons (Fsp3) is 0.615. The zero-order valence-corrected chi connectivity index (χ0v) is 10.3. The van der Waals surface area contributed by atoms with Gasteiger partial charge in [0, 0.05) is 24.5 Å². The number of aromatic nitrogens is 1. The first-order chi connectivity index (χ1) is 8.28. The molecular weight excluding hydrogens is 217 g/mol. The Morgan fingerprint density at radius 2 is 2.24 bits per heavy atom. The van der Waals surface area contributed by atoms with E-state index in [-0.39, 0.29) is 0 Å². The Hall–Kier alpha value is -1.16. The van der Waals surface area contributed by atoms with Crippen LogP contribution >= 0.6 is 0 Å². The Kier molecular flexibility index (Phi) is 4.31. The second kappa shape index (κ2) is 5.96. The molecule has 1 aliphatic heterocycles. The minimum Gasteiger partial charge on any atom is -0.385 e. The van der Waals surface area contributed by atoms with Crippen LogP contribution in [-0.2, 0) is 0 Å². The number of halogens is 1. The Morgan fingerprint density at radius 3 is 2.88 bits per heavy atom. The maximum Gasteiger partial charge on any atom is 0.214 e. The summed E-state index contributed by atoms with van der Waals surface area (Å²) >= 11 is 0. The lowest BCUT2D eigenvalue weighted by atomic mass is 9.97. The van der Waals surface area contributed by atoms with Gasteiger partial charge < -0.3 is 10.2 Å². The highest BCUT2D eigenvalue weighted by Crippen LogP contribution is 2.18. The van der Waals surface area contributed by atoms with Crippen LogP contribution in [0.25, 0.3) is 0 Å². The van der Waals surface area contributed by atoms with Crippen LogP contribution < -0.4 is 5.32 Å². The van der Waals surface area contributed by atoms with Crippen LogP contribution in [-0.4, -0.2) is 36.1 Å². The molecule has 3 nitrogen and oxygen atoms in total. The number of hydrogen-bond donors (Lipinski definition) is 1. The molecule has 1 aromatic heterocycles. The molecule has 4 heteroatoms. The molecule has 0 radical (unpaired) electrons. The van der Waals surface area contributed by atoms with E-state index in [4.69, 9.17) is 0 Å². The van der Waals surface area contributed by atoms with E-state index in [1.54, 1.807) is 0 Å². The number of pyridine rings is 1. The third kappa shape index (κ3) is 3.66. The van der Waals surface area contributed by atoms with E-state index in [0.717, 1.165) is 18.8 Å². The van der Waals surface area contributed by atoms with Gasteiger partial charge in [0.1, 0.15) is 0 Å². The maximum atomic E-state index is 12.9. The molecule has 1 aliphatic rings. The Labute approximate surface area is 102 Å². The smallest absolute Gasteiger partial charge is 0.214 e. The topological polar surface area (TPSA) is 28.2 Å². The molecule has 1 saturated heterocycles. The normalized spacial score (nSPS) is 18.2. The first kappa shape index (κ1) is 12.3. The van der Waals surface area contributed by atoms with Gasteiger partial charge in [0.25, 0.3) is 0 Å². The van der Waals surface area contributed by atoms with E-state index in [2.05, 4.69) is 22.1 Å². The summed E-state index contributed by atoms with van der Waals surface area (Å²) in [6.07, 6.45) is 3.96. The second-order valence-electron chi connectivity index (χ2n) is 4.63. The summed E-state index contributed by atoms with van der Waals surface area (Å²) in [7, 11) is 0. The molecule has 0 aliphatic carbocycles. The summed E-state index contributed by atoms with van der Waals surface area (Å²) in [5.41, 5.74) is 0.829. The third-order valence-electron chi connectivity index (χ3n) is 3.48. The molecule has 1 fully saturated rings. The molecule has 17 heavy (non-hydrogen) atoms. The van der Waals surface area contributed by atoms with Crippen molar-refractivity contribution in [3.8, 4) is 0 Å². The van der Waals surface area contributed by atoms with E-state index in [9.17, 15) is 4.39 Å². The first-order valence-corrected chi connectivity index (χ1v) is 6.35. The zero-order valence-electron chi connectivity index (χ0n) is 10.3. The molecule has 0 atom stereocenters. The quantitative estimate of drug-likeness (QED) is 0.815. The van der Waals surface area contributed by atoms with Crippen molar-refractivity contribution in [3.63, 3.8) is 0 Å². The highest BCUT2D eigenvalue weighted by atomic mass is 19.1. The van der Waals surface area contributed by atoms with Crippen LogP contribution in [0, 0.1) is 11.9 Å². The van der Waals surface area contributed by atoms with Gasteiger partial charge in [-0.1, -0.05) is 6.92 Å². The molecule has 2 rings (SSSR count). The minimum atomic E-state index is -0.421.